The average molecular weight is 1290 g/mol. The highest BCUT2D eigenvalue weighted by atomic mass is 16.3. The van der Waals surface area contributed by atoms with E-state index in [4.69, 9.17) is 0 Å². The third-order valence-corrected chi connectivity index (χ3v) is 28.5. The fourth-order valence-electron chi connectivity index (χ4n) is 23.3. The van der Waals surface area contributed by atoms with Gasteiger partial charge >= 0.3 is 0 Å². The first-order valence-corrected chi connectivity index (χ1v) is 36.2. The summed E-state index contributed by atoms with van der Waals surface area (Å²) in [5.41, 5.74) is 2.20. The van der Waals surface area contributed by atoms with Crippen LogP contribution in [0.5, 0.6) is 0 Å². The highest BCUT2D eigenvalue weighted by molar-refractivity contribution is 5.90. The number of hydrogen-bond donors (Lipinski definition) is 8. The summed E-state index contributed by atoms with van der Waals surface area (Å²) < 4.78 is 3.18. The summed E-state index contributed by atoms with van der Waals surface area (Å²) >= 11 is 0. The molecule has 8 aliphatic carbocycles. The zero-order valence-electron chi connectivity index (χ0n) is 56.1. The number of carbonyl (C=O) groups excluding carboxylic acids is 4. The van der Waals surface area contributed by atoms with Gasteiger partial charge in [-0.1, -0.05) is 113 Å². The van der Waals surface area contributed by atoms with E-state index in [2.05, 4.69) is 72.8 Å². The monoisotopic (exact) mass is 1290 g/mol. The van der Waals surface area contributed by atoms with Crippen LogP contribution in [0.25, 0.3) is 0 Å². The first-order valence-electron chi connectivity index (χ1n) is 36.2. The lowest BCUT2D eigenvalue weighted by molar-refractivity contribution is -0.207. The molecule has 20 nitrogen and oxygen atoms in total. The minimum absolute atomic E-state index is 0.0104. The molecular weight excluding hydrogens is 1190 g/mol. The Labute approximate surface area is 553 Å². The second-order valence-corrected chi connectivity index (χ2v) is 32.7. The second-order valence-electron chi connectivity index (χ2n) is 32.7. The van der Waals surface area contributed by atoms with Gasteiger partial charge in [0.2, 0.25) is 11.8 Å². The predicted molar refractivity (Wildman–Crippen MR) is 348 cm³/mol. The number of amides is 4. The van der Waals surface area contributed by atoms with Crippen molar-refractivity contribution in [1.29, 1.82) is 0 Å². The van der Waals surface area contributed by atoms with E-state index in [9.17, 15) is 49.8 Å². The number of likely N-dealkylation sites (tertiary alicyclic amines) is 2. The van der Waals surface area contributed by atoms with E-state index in [0.29, 0.717) is 49.9 Å². The lowest BCUT2D eigenvalue weighted by Gasteiger charge is -2.63. The number of nitrogens with one attached hydrogen (secondary N) is 2. The van der Waals surface area contributed by atoms with Gasteiger partial charge in [0.15, 0.2) is 12.1 Å². The topological polar surface area (TPSA) is 282 Å². The van der Waals surface area contributed by atoms with Crippen molar-refractivity contribution in [2.45, 2.75) is 231 Å². The molecule has 10 fully saturated rings. The number of carbonyl (C=O) groups is 4. The van der Waals surface area contributed by atoms with Crippen molar-refractivity contribution in [1.82, 2.24) is 50.4 Å². The van der Waals surface area contributed by atoms with Crippen LogP contribution in [0, 0.1) is 92.7 Å². The van der Waals surface area contributed by atoms with Gasteiger partial charge in [-0.25, -0.2) is 9.36 Å². The van der Waals surface area contributed by atoms with E-state index in [0.717, 1.165) is 88.2 Å². The molecule has 4 amide bonds. The van der Waals surface area contributed by atoms with Crippen LogP contribution in [0.1, 0.15) is 204 Å². The van der Waals surface area contributed by atoms with Crippen molar-refractivity contribution in [2.75, 3.05) is 13.1 Å². The van der Waals surface area contributed by atoms with Crippen molar-refractivity contribution < 1.29 is 49.8 Å². The normalized spacial score (nSPS) is 42.0. The highest BCUT2D eigenvalue weighted by Gasteiger charge is 2.68. The van der Waals surface area contributed by atoms with Crippen LogP contribution in [0.2, 0.25) is 0 Å². The number of nitrogens with zero attached hydrogens (tertiary/aromatic N) is 8. The van der Waals surface area contributed by atoms with Gasteiger partial charge in [0.25, 0.3) is 11.8 Å². The van der Waals surface area contributed by atoms with Crippen LogP contribution in [0.4, 0.5) is 0 Å². The number of aliphatic hydroxyl groups excluding tert-OH is 6. The van der Waals surface area contributed by atoms with Gasteiger partial charge in [-0.15, -0.1) is 10.2 Å². The van der Waals surface area contributed by atoms with Gasteiger partial charge in [-0.2, -0.15) is 0 Å². The molecule has 94 heavy (non-hydrogen) atoms. The van der Waals surface area contributed by atoms with E-state index >= 15 is 0 Å². The smallest absolute Gasteiger partial charge is 0.250 e. The van der Waals surface area contributed by atoms with E-state index in [1.165, 1.54) is 0 Å². The molecule has 2 saturated heterocycles. The lowest BCUT2D eigenvalue weighted by Crippen LogP contribution is -2.62. The van der Waals surface area contributed by atoms with Crippen molar-refractivity contribution in [3.8, 4) is 0 Å². The molecule has 510 valence electrons. The summed E-state index contributed by atoms with van der Waals surface area (Å²) in [6.45, 7) is 14.4. The summed E-state index contributed by atoms with van der Waals surface area (Å²) in [7, 11) is 0. The zero-order chi connectivity index (χ0) is 65.9. The Morgan fingerprint density at radius 3 is 1.31 bits per heavy atom. The summed E-state index contributed by atoms with van der Waals surface area (Å²) in [5, 5.41) is 92.6. The average Bonchev–Trinajstić information content (AvgIpc) is 1.39. The molecule has 0 unspecified atom stereocenters. The van der Waals surface area contributed by atoms with Crippen LogP contribution in [0.3, 0.4) is 0 Å². The molecule has 20 heteroatoms. The van der Waals surface area contributed by atoms with Gasteiger partial charge in [-0.05, 0) is 207 Å². The first kappa shape index (κ1) is 65.6. The molecule has 10 aliphatic rings. The number of fused-ring (bicyclic) bond motifs is 10. The SMILES string of the molecule is C[C@H](CCC(=O)NCc1cn([C@@H]2C(=O)N(CCN3C(=O)[C@H](n4cc(CNC(=O)CC[C@@H](C)[C@H]5CC[C@H]6[C@@H]7[C@H](O)C[C@@H]8C[C@H](O)CC[C@]8(C)[C@H]7C[C@H](O)[C@]56C)nn4)[C@@H]3c3ccccc3)[C@@H]2c2ccccc2)nn1)[C@H]1CC[C@H]2[C@@H]3[C@H](O)C[C@@H]4C[C@H](O)CC[C@]4(C)[C@H]3C[C@H](O)[C@]12C. The molecule has 2 aromatic carbocycles. The van der Waals surface area contributed by atoms with Crippen LogP contribution in [-0.2, 0) is 32.3 Å². The van der Waals surface area contributed by atoms with Crippen LogP contribution >= 0.6 is 0 Å². The maximum absolute atomic E-state index is 14.4. The number of β-lactam (4-membered cyclic amide) rings is 2. The Kier molecular flexibility index (Phi) is 17.7. The standard InChI is InChI=1S/C74H104N10O10/c1-41(51-19-21-53-63-55(35-59(89)73(51,53)5)71(3)27-25-49(85)31-45(71)33-57(63)87)17-23-61(91)75-37-47-39-83(79-77-47)67-65(43-13-9-7-10-14-43)81(69(67)93)29-30-82-66(44-15-11-8-12-16-44)68(70(82)94)84-40-48(78-80-84)38-76-62(92)24-18-42(2)52-20-22-54-64-56(36-60(90)74(52,54)6)72(4)28-26-50(86)32-46(72)34-58(64)88/h7-16,39-42,45-46,49-60,63-68,85-90H,17-38H2,1-6H3,(H,75,91)(H,76,92)/t41-,42-,45+,46+,49-,50-,51-,52-,53+,54+,55+,56+,57-,58-,59+,60+,63+,64+,65-,66+,67+,68-,71+,72+,73-,74-/m1/s1. The minimum Gasteiger partial charge on any atom is -0.393 e. The van der Waals surface area contributed by atoms with Gasteiger partial charge in [0.1, 0.15) is 11.4 Å². The van der Waals surface area contributed by atoms with Crippen LogP contribution < -0.4 is 10.6 Å². The number of aromatic nitrogens is 6. The van der Waals surface area contributed by atoms with Gasteiger partial charge < -0.3 is 51.1 Å². The highest BCUT2D eigenvalue weighted by Crippen LogP contribution is 2.70. The van der Waals surface area contributed by atoms with Crippen LogP contribution in [0.15, 0.2) is 73.1 Å². The number of rotatable bonds is 19. The van der Waals surface area contributed by atoms with E-state index in [-0.39, 0.29) is 155 Å². The second kappa shape index (κ2) is 25.3. The molecule has 26 atom stereocenters. The van der Waals surface area contributed by atoms with E-state index in [1.807, 2.05) is 60.7 Å². The predicted octanol–water partition coefficient (Wildman–Crippen LogP) is 7.81. The third-order valence-electron chi connectivity index (χ3n) is 28.5. The molecule has 0 spiro atoms. The minimum atomic E-state index is -0.694. The molecule has 14 rings (SSSR count). The number of benzene rings is 2. The van der Waals surface area contributed by atoms with Crippen molar-refractivity contribution in [2.24, 2.45) is 92.7 Å². The first-order chi connectivity index (χ1) is 45.0. The largest absolute Gasteiger partial charge is 0.393 e. The maximum atomic E-state index is 14.4. The fraction of sp³-hybridized carbons (Fsp3) is 0.730. The molecule has 0 radical (unpaired) electrons. The Hall–Kier alpha value is -5.64. The maximum Gasteiger partial charge on any atom is 0.250 e. The lowest BCUT2D eigenvalue weighted by atomic mass is 9.43. The molecule has 0 bridgehead atoms. The molecule has 2 aromatic heterocycles. The van der Waals surface area contributed by atoms with Crippen molar-refractivity contribution in [3.05, 3.63) is 95.6 Å². The molecule has 4 heterocycles. The quantitative estimate of drug-likeness (QED) is 0.0416. The molecule has 8 saturated carbocycles. The Morgan fingerprint density at radius 1 is 0.521 bits per heavy atom. The number of aliphatic hydroxyl groups is 6. The van der Waals surface area contributed by atoms with Gasteiger partial charge in [0, 0.05) is 25.9 Å². The van der Waals surface area contributed by atoms with Crippen molar-refractivity contribution >= 4 is 23.6 Å². The fourth-order valence-corrected chi connectivity index (χ4v) is 23.3. The summed E-state index contributed by atoms with van der Waals surface area (Å²) in [4.78, 5) is 59.5. The molecule has 2 aliphatic heterocycles. The van der Waals surface area contributed by atoms with Crippen molar-refractivity contribution in [3.63, 3.8) is 0 Å². The van der Waals surface area contributed by atoms with Gasteiger partial charge in [0.05, 0.1) is 74.2 Å². The Balaban J connectivity index is 0.563. The number of hydrogen-bond acceptors (Lipinski definition) is 14. The van der Waals surface area contributed by atoms with Gasteiger partial charge in [-0.3, -0.25) is 19.2 Å². The molecule has 8 N–H and O–H groups in total. The molecule has 4 aromatic rings. The Bertz CT molecular complexity index is 3190. The Morgan fingerprint density at radius 2 is 0.915 bits per heavy atom. The zero-order valence-corrected chi connectivity index (χ0v) is 56.1. The summed E-state index contributed by atoms with van der Waals surface area (Å²) in [6.07, 6.45) is 14.5. The third kappa shape index (κ3) is 11.0. The van der Waals surface area contributed by atoms with Crippen LogP contribution in [-0.4, -0.2) is 144 Å². The van der Waals surface area contributed by atoms with E-state index < -0.39 is 48.6 Å². The molecular formula is C74H104N10O10. The summed E-state index contributed by atoms with van der Waals surface area (Å²) in [6, 6.07) is 17.4. The van der Waals surface area contributed by atoms with E-state index in [1.54, 1.807) is 31.6 Å². The summed E-state index contributed by atoms with van der Waals surface area (Å²) in [5.74, 6) is 1.95.